The van der Waals surface area contributed by atoms with Crippen LogP contribution in [0.5, 0.6) is 0 Å². The molecule has 6 nitrogen and oxygen atoms in total. The Labute approximate surface area is 145 Å². The van der Waals surface area contributed by atoms with E-state index in [1.54, 1.807) is 0 Å². The van der Waals surface area contributed by atoms with Gasteiger partial charge in [0.05, 0.1) is 11.5 Å². The lowest BCUT2D eigenvalue weighted by molar-refractivity contribution is -0.383. The van der Waals surface area contributed by atoms with Gasteiger partial charge in [0.25, 0.3) is 5.69 Å². The molecule has 7 heteroatoms. The van der Waals surface area contributed by atoms with E-state index < -0.39 is 4.92 Å². The van der Waals surface area contributed by atoms with E-state index >= 15 is 0 Å². The predicted molar refractivity (Wildman–Crippen MR) is 94.2 cm³/mol. The summed E-state index contributed by atoms with van der Waals surface area (Å²) in [5.74, 6) is -0.323. The molecule has 0 atom stereocenters. The summed E-state index contributed by atoms with van der Waals surface area (Å²) in [6.07, 6.45) is 0. The first-order valence-corrected chi connectivity index (χ1v) is 7.71. The highest BCUT2D eigenvalue weighted by molar-refractivity contribution is 6.31. The zero-order valence-electron chi connectivity index (χ0n) is 13.5. The number of amides is 1. The molecule has 1 amide bonds. The summed E-state index contributed by atoms with van der Waals surface area (Å²) in [6.45, 7) is 2.75. The van der Waals surface area contributed by atoms with Crippen LogP contribution in [0.2, 0.25) is 5.02 Å². The molecule has 0 aliphatic rings. The summed E-state index contributed by atoms with van der Waals surface area (Å²) in [6, 6.07) is 12.1. The van der Waals surface area contributed by atoms with Crippen LogP contribution in [0.15, 0.2) is 42.5 Å². The summed E-state index contributed by atoms with van der Waals surface area (Å²) < 4.78 is 0. The van der Waals surface area contributed by atoms with Crippen LogP contribution in [0.25, 0.3) is 0 Å². The number of anilines is 1. The van der Waals surface area contributed by atoms with E-state index in [1.165, 1.54) is 18.2 Å². The maximum atomic E-state index is 12.1. The molecule has 0 unspecified atom stereocenters. The van der Waals surface area contributed by atoms with E-state index in [-0.39, 0.29) is 28.8 Å². The maximum Gasteiger partial charge on any atom is 0.294 e. The molecule has 0 spiro atoms. The van der Waals surface area contributed by atoms with Gasteiger partial charge in [0.1, 0.15) is 5.69 Å². The van der Waals surface area contributed by atoms with Gasteiger partial charge in [-0.05, 0) is 37.2 Å². The molecular weight excluding hydrogens is 330 g/mol. The van der Waals surface area contributed by atoms with Gasteiger partial charge in [-0.1, -0.05) is 35.9 Å². The molecule has 24 heavy (non-hydrogen) atoms. The van der Waals surface area contributed by atoms with Crippen LogP contribution in [0.4, 0.5) is 11.4 Å². The van der Waals surface area contributed by atoms with E-state index in [2.05, 4.69) is 5.32 Å². The fraction of sp³-hybridized carbons (Fsp3) is 0.235. The number of carbonyl (C=O) groups is 1. The molecule has 2 aromatic carbocycles. The average molecular weight is 348 g/mol. The lowest BCUT2D eigenvalue weighted by Gasteiger charge is -2.17. The van der Waals surface area contributed by atoms with Gasteiger partial charge in [-0.2, -0.15) is 0 Å². The van der Waals surface area contributed by atoms with Crippen LogP contribution < -0.4 is 5.32 Å². The standard InChI is InChI=1S/C17H18ClN3O3/c1-12-5-3-4-6-13(12)10-20(2)11-17(22)19-15-8-7-14(18)9-16(15)21(23)24/h3-9H,10-11H2,1-2H3,(H,19,22). The van der Waals surface area contributed by atoms with Crippen molar-refractivity contribution >= 4 is 28.9 Å². The Morgan fingerprint density at radius 1 is 1.29 bits per heavy atom. The highest BCUT2D eigenvalue weighted by Gasteiger charge is 2.17. The fourth-order valence-electron chi connectivity index (χ4n) is 2.33. The van der Waals surface area contributed by atoms with Gasteiger partial charge in [0.15, 0.2) is 0 Å². The number of likely N-dealkylation sites (N-methyl/N-ethyl adjacent to an activating group) is 1. The number of nitrogens with zero attached hydrogens (tertiary/aromatic N) is 2. The third-order valence-electron chi connectivity index (χ3n) is 3.55. The van der Waals surface area contributed by atoms with E-state index in [9.17, 15) is 14.9 Å². The smallest absolute Gasteiger partial charge is 0.294 e. The van der Waals surface area contributed by atoms with Gasteiger partial charge in [0.2, 0.25) is 5.91 Å². The fourth-order valence-corrected chi connectivity index (χ4v) is 2.50. The van der Waals surface area contributed by atoms with E-state index in [1.807, 2.05) is 43.1 Å². The Kier molecular flexibility index (Phi) is 5.89. The average Bonchev–Trinajstić information content (AvgIpc) is 2.51. The monoisotopic (exact) mass is 347 g/mol. The van der Waals surface area contributed by atoms with Crippen molar-refractivity contribution in [1.82, 2.24) is 4.90 Å². The van der Waals surface area contributed by atoms with Crippen molar-refractivity contribution in [2.75, 3.05) is 18.9 Å². The molecule has 0 saturated heterocycles. The van der Waals surface area contributed by atoms with Crippen molar-refractivity contribution in [1.29, 1.82) is 0 Å². The van der Waals surface area contributed by atoms with Crippen LogP contribution in [0.3, 0.4) is 0 Å². The van der Waals surface area contributed by atoms with Crippen LogP contribution in [-0.2, 0) is 11.3 Å². The third kappa shape index (κ3) is 4.78. The van der Waals surface area contributed by atoms with Gasteiger partial charge in [-0.15, -0.1) is 0 Å². The number of halogens is 1. The maximum absolute atomic E-state index is 12.1. The lowest BCUT2D eigenvalue weighted by Crippen LogP contribution is -2.30. The molecule has 0 saturated carbocycles. The van der Waals surface area contributed by atoms with Crippen LogP contribution in [-0.4, -0.2) is 29.3 Å². The van der Waals surface area contributed by atoms with Crippen molar-refractivity contribution in [3.63, 3.8) is 0 Å². The number of nitro groups is 1. The lowest BCUT2D eigenvalue weighted by atomic mass is 10.1. The van der Waals surface area contributed by atoms with Crippen molar-refractivity contribution in [2.24, 2.45) is 0 Å². The number of nitro benzene ring substituents is 1. The summed E-state index contributed by atoms with van der Waals surface area (Å²) in [7, 11) is 1.82. The first-order chi connectivity index (χ1) is 11.4. The normalized spacial score (nSPS) is 10.7. The molecule has 1 N–H and O–H groups in total. The van der Waals surface area contributed by atoms with E-state index in [0.717, 1.165) is 11.1 Å². The number of benzene rings is 2. The molecule has 0 aliphatic carbocycles. The van der Waals surface area contributed by atoms with Crippen LogP contribution >= 0.6 is 11.6 Å². The molecule has 126 valence electrons. The second-order valence-electron chi connectivity index (χ2n) is 5.57. The molecule has 0 fully saturated rings. The first kappa shape index (κ1) is 17.9. The number of aryl methyl sites for hydroxylation is 1. The Morgan fingerprint density at radius 3 is 2.67 bits per heavy atom. The van der Waals surface area contributed by atoms with Gasteiger partial charge < -0.3 is 5.32 Å². The quantitative estimate of drug-likeness (QED) is 0.639. The molecule has 0 aliphatic heterocycles. The molecular formula is C17H18ClN3O3. The number of nitrogens with one attached hydrogen (secondary N) is 1. The number of rotatable bonds is 6. The summed E-state index contributed by atoms with van der Waals surface area (Å²) >= 11 is 5.76. The molecule has 0 radical (unpaired) electrons. The first-order valence-electron chi connectivity index (χ1n) is 7.33. The highest BCUT2D eigenvalue weighted by Crippen LogP contribution is 2.27. The van der Waals surface area contributed by atoms with Crippen LogP contribution in [0.1, 0.15) is 11.1 Å². The minimum absolute atomic E-state index is 0.119. The minimum Gasteiger partial charge on any atom is -0.319 e. The SMILES string of the molecule is Cc1ccccc1CN(C)CC(=O)Nc1ccc(Cl)cc1[N+](=O)[O-]. The topological polar surface area (TPSA) is 75.5 Å². The molecule has 0 heterocycles. The zero-order chi connectivity index (χ0) is 17.7. The molecule has 2 aromatic rings. The Balaban J connectivity index is 2.01. The van der Waals surface area contributed by atoms with Crippen LogP contribution in [0, 0.1) is 17.0 Å². The Morgan fingerprint density at radius 2 is 2.00 bits per heavy atom. The Hall–Kier alpha value is -2.44. The summed E-state index contributed by atoms with van der Waals surface area (Å²) in [5, 5.41) is 13.9. The van der Waals surface area contributed by atoms with Crippen molar-refractivity contribution < 1.29 is 9.72 Å². The zero-order valence-corrected chi connectivity index (χ0v) is 14.2. The van der Waals surface area contributed by atoms with Crippen molar-refractivity contribution in [3.8, 4) is 0 Å². The number of carbonyl (C=O) groups excluding carboxylic acids is 1. The Bertz CT molecular complexity index is 764. The highest BCUT2D eigenvalue weighted by atomic mass is 35.5. The molecule has 0 aromatic heterocycles. The second-order valence-corrected chi connectivity index (χ2v) is 6.00. The van der Waals surface area contributed by atoms with E-state index in [4.69, 9.17) is 11.6 Å². The minimum atomic E-state index is -0.571. The third-order valence-corrected chi connectivity index (χ3v) is 3.78. The predicted octanol–water partition coefficient (Wildman–Crippen LogP) is 3.63. The largest absolute Gasteiger partial charge is 0.319 e. The van der Waals surface area contributed by atoms with Crippen molar-refractivity contribution in [2.45, 2.75) is 13.5 Å². The van der Waals surface area contributed by atoms with Gasteiger partial charge in [-0.3, -0.25) is 19.8 Å². The van der Waals surface area contributed by atoms with Gasteiger partial charge >= 0.3 is 0 Å². The second kappa shape index (κ2) is 7.90. The molecule has 2 rings (SSSR count). The summed E-state index contributed by atoms with van der Waals surface area (Å²) in [5.41, 5.74) is 2.19. The van der Waals surface area contributed by atoms with E-state index in [0.29, 0.717) is 6.54 Å². The summed E-state index contributed by atoms with van der Waals surface area (Å²) in [4.78, 5) is 24.5. The number of hydrogen-bond donors (Lipinski definition) is 1. The van der Waals surface area contributed by atoms with Crippen molar-refractivity contribution in [3.05, 3.63) is 68.7 Å². The van der Waals surface area contributed by atoms with Gasteiger partial charge in [0, 0.05) is 17.6 Å². The molecule has 0 bridgehead atoms. The number of hydrogen-bond acceptors (Lipinski definition) is 4. The van der Waals surface area contributed by atoms with Gasteiger partial charge in [-0.25, -0.2) is 0 Å².